The maximum absolute atomic E-state index is 10.6. The highest BCUT2D eigenvalue weighted by molar-refractivity contribution is 7.09. The molecule has 2 aromatic heterocycles. The summed E-state index contributed by atoms with van der Waals surface area (Å²) in [6.45, 7) is 2.48. The molecule has 0 aliphatic carbocycles. The molecule has 2 aromatic rings. The molecule has 17 heavy (non-hydrogen) atoms. The van der Waals surface area contributed by atoms with E-state index in [4.69, 9.17) is 9.52 Å². The van der Waals surface area contributed by atoms with E-state index in [0.717, 1.165) is 5.01 Å². The van der Waals surface area contributed by atoms with E-state index in [2.05, 4.69) is 10.3 Å². The number of hydrogen-bond donors (Lipinski definition) is 2. The summed E-state index contributed by atoms with van der Waals surface area (Å²) in [4.78, 5) is 14.8. The molecule has 0 spiro atoms. The van der Waals surface area contributed by atoms with Gasteiger partial charge in [0.25, 0.3) is 0 Å². The fraction of sp³-hybridized carbons (Fsp3) is 0.273. The fourth-order valence-electron chi connectivity index (χ4n) is 1.38. The van der Waals surface area contributed by atoms with Crippen molar-refractivity contribution in [2.24, 2.45) is 0 Å². The van der Waals surface area contributed by atoms with Crippen LogP contribution in [0.25, 0.3) is 0 Å². The molecule has 0 bridgehead atoms. The number of aromatic carboxylic acids is 1. The molecule has 6 heteroatoms. The molecule has 5 nitrogen and oxygen atoms in total. The maximum atomic E-state index is 10.6. The number of carboxylic acids is 1. The van der Waals surface area contributed by atoms with Gasteiger partial charge in [-0.3, -0.25) is 0 Å². The third-order valence-electron chi connectivity index (χ3n) is 2.28. The van der Waals surface area contributed by atoms with Gasteiger partial charge in [-0.2, -0.15) is 0 Å². The van der Waals surface area contributed by atoms with Crippen molar-refractivity contribution in [3.05, 3.63) is 40.2 Å². The molecule has 2 rings (SSSR count). The normalized spacial score (nSPS) is 12.5. The fourth-order valence-corrected chi connectivity index (χ4v) is 2.05. The van der Waals surface area contributed by atoms with Crippen LogP contribution in [0, 0.1) is 0 Å². The Labute approximate surface area is 102 Å². The Kier molecular flexibility index (Phi) is 3.55. The zero-order valence-corrected chi connectivity index (χ0v) is 10.0. The van der Waals surface area contributed by atoms with Gasteiger partial charge in [-0.05, 0) is 19.1 Å². The molecule has 0 aliphatic heterocycles. The first kappa shape index (κ1) is 11.8. The van der Waals surface area contributed by atoms with Crippen LogP contribution in [0.3, 0.4) is 0 Å². The zero-order chi connectivity index (χ0) is 12.3. The highest BCUT2D eigenvalue weighted by Gasteiger charge is 2.11. The quantitative estimate of drug-likeness (QED) is 0.853. The lowest BCUT2D eigenvalue weighted by molar-refractivity contribution is 0.0660. The van der Waals surface area contributed by atoms with Crippen molar-refractivity contribution in [3.63, 3.8) is 0 Å². The average Bonchev–Trinajstić information content (AvgIpc) is 2.97. The molecular weight excluding hydrogens is 240 g/mol. The lowest BCUT2D eigenvalue weighted by atomic mass is 10.3. The van der Waals surface area contributed by atoms with Crippen LogP contribution in [-0.2, 0) is 6.54 Å². The number of thiazole rings is 1. The molecule has 2 heterocycles. The summed E-state index contributed by atoms with van der Waals surface area (Å²) < 4.78 is 5.13. The molecule has 1 unspecified atom stereocenters. The number of nitrogens with one attached hydrogen (secondary N) is 1. The molecule has 0 aliphatic rings. The van der Waals surface area contributed by atoms with Gasteiger partial charge < -0.3 is 14.8 Å². The topological polar surface area (TPSA) is 75.4 Å². The first-order valence-electron chi connectivity index (χ1n) is 5.11. The third kappa shape index (κ3) is 2.92. The van der Waals surface area contributed by atoms with Gasteiger partial charge in [0.2, 0.25) is 5.76 Å². The minimum absolute atomic E-state index is 0.0382. The predicted molar refractivity (Wildman–Crippen MR) is 63.0 cm³/mol. The van der Waals surface area contributed by atoms with Crippen LogP contribution < -0.4 is 5.32 Å². The van der Waals surface area contributed by atoms with E-state index in [9.17, 15) is 4.79 Å². The Morgan fingerprint density at radius 2 is 2.47 bits per heavy atom. The van der Waals surface area contributed by atoms with Gasteiger partial charge in [0.1, 0.15) is 10.8 Å². The molecule has 0 saturated carbocycles. The predicted octanol–water partition coefficient (Wildman–Crippen LogP) is 2.29. The van der Waals surface area contributed by atoms with Crippen molar-refractivity contribution >= 4 is 17.3 Å². The minimum atomic E-state index is -1.05. The van der Waals surface area contributed by atoms with Gasteiger partial charge in [0, 0.05) is 11.6 Å². The molecule has 0 fully saturated rings. The first-order chi connectivity index (χ1) is 8.16. The summed E-state index contributed by atoms with van der Waals surface area (Å²) in [6, 6.07) is 3.23. The number of carbonyl (C=O) groups is 1. The van der Waals surface area contributed by atoms with Crippen LogP contribution in [0.4, 0.5) is 0 Å². The van der Waals surface area contributed by atoms with Crippen molar-refractivity contribution in [1.82, 2.24) is 10.3 Å². The van der Waals surface area contributed by atoms with E-state index in [0.29, 0.717) is 12.3 Å². The van der Waals surface area contributed by atoms with Crippen LogP contribution >= 0.6 is 11.3 Å². The van der Waals surface area contributed by atoms with Gasteiger partial charge in [-0.1, -0.05) is 0 Å². The van der Waals surface area contributed by atoms with Crippen LogP contribution in [0.2, 0.25) is 0 Å². The van der Waals surface area contributed by atoms with Crippen molar-refractivity contribution in [3.8, 4) is 0 Å². The summed E-state index contributed by atoms with van der Waals surface area (Å²) in [5.74, 6) is -0.487. The molecule has 0 radical (unpaired) electrons. The highest BCUT2D eigenvalue weighted by atomic mass is 32.1. The van der Waals surface area contributed by atoms with E-state index < -0.39 is 5.97 Å². The maximum Gasteiger partial charge on any atom is 0.371 e. The van der Waals surface area contributed by atoms with E-state index in [-0.39, 0.29) is 11.8 Å². The number of furan rings is 1. The first-order valence-corrected chi connectivity index (χ1v) is 5.99. The summed E-state index contributed by atoms with van der Waals surface area (Å²) in [6.07, 6.45) is 1.76. The highest BCUT2D eigenvalue weighted by Crippen LogP contribution is 2.16. The number of hydrogen-bond acceptors (Lipinski definition) is 5. The van der Waals surface area contributed by atoms with Crippen molar-refractivity contribution in [2.75, 3.05) is 0 Å². The Balaban J connectivity index is 1.91. The second kappa shape index (κ2) is 5.11. The van der Waals surface area contributed by atoms with Gasteiger partial charge in [-0.15, -0.1) is 11.3 Å². The summed E-state index contributed by atoms with van der Waals surface area (Å²) >= 11 is 1.58. The standard InChI is InChI=1S/C11H12N2O3S/c1-7(10-12-4-5-17-10)13-6-8-2-3-9(16-8)11(14)15/h2-5,7,13H,6H2,1H3,(H,14,15). The second-order valence-corrected chi connectivity index (χ2v) is 4.47. The monoisotopic (exact) mass is 252 g/mol. The molecule has 90 valence electrons. The van der Waals surface area contributed by atoms with E-state index in [1.165, 1.54) is 6.07 Å². The second-order valence-electron chi connectivity index (χ2n) is 3.54. The van der Waals surface area contributed by atoms with E-state index >= 15 is 0 Å². The Morgan fingerprint density at radius 1 is 1.65 bits per heavy atom. The summed E-state index contributed by atoms with van der Waals surface area (Å²) in [5, 5.41) is 14.8. The van der Waals surface area contributed by atoms with Crippen molar-refractivity contribution in [1.29, 1.82) is 0 Å². The molecule has 0 saturated heterocycles. The largest absolute Gasteiger partial charge is 0.475 e. The number of nitrogens with zero attached hydrogens (tertiary/aromatic N) is 1. The Bertz CT molecular complexity index is 493. The molecule has 1 atom stereocenters. The summed E-state index contributed by atoms with van der Waals surface area (Å²) in [5.41, 5.74) is 0. The van der Waals surface area contributed by atoms with Crippen LogP contribution in [-0.4, -0.2) is 16.1 Å². The lowest BCUT2D eigenvalue weighted by Crippen LogP contribution is -2.17. The Morgan fingerprint density at radius 3 is 3.06 bits per heavy atom. The minimum Gasteiger partial charge on any atom is -0.475 e. The molecule has 0 aromatic carbocycles. The Hall–Kier alpha value is -1.66. The average molecular weight is 252 g/mol. The third-order valence-corrected chi connectivity index (χ3v) is 3.24. The lowest BCUT2D eigenvalue weighted by Gasteiger charge is -2.08. The SMILES string of the molecule is CC(NCc1ccc(C(=O)O)o1)c1nccs1. The molecule has 2 N–H and O–H groups in total. The van der Waals surface area contributed by atoms with Gasteiger partial charge in [0.05, 0.1) is 12.6 Å². The molecule has 0 amide bonds. The molecular formula is C11H12N2O3S. The number of rotatable bonds is 5. The van der Waals surface area contributed by atoms with E-state index in [1.54, 1.807) is 23.6 Å². The van der Waals surface area contributed by atoms with Gasteiger partial charge in [0.15, 0.2) is 0 Å². The zero-order valence-electron chi connectivity index (χ0n) is 9.21. The van der Waals surface area contributed by atoms with Crippen molar-refractivity contribution in [2.45, 2.75) is 19.5 Å². The number of aromatic nitrogens is 1. The van der Waals surface area contributed by atoms with Crippen LogP contribution in [0.5, 0.6) is 0 Å². The van der Waals surface area contributed by atoms with Crippen molar-refractivity contribution < 1.29 is 14.3 Å². The van der Waals surface area contributed by atoms with Gasteiger partial charge in [-0.25, -0.2) is 9.78 Å². The smallest absolute Gasteiger partial charge is 0.371 e. The van der Waals surface area contributed by atoms with Crippen LogP contribution in [0.15, 0.2) is 28.1 Å². The van der Waals surface area contributed by atoms with Gasteiger partial charge >= 0.3 is 5.97 Å². The van der Waals surface area contributed by atoms with Crippen LogP contribution in [0.1, 0.15) is 34.3 Å². The number of carboxylic acid groups (broad SMARTS) is 1. The van der Waals surface area contributed by atoms with E-state index in [1.807, 2.05) is 12.3 Å². The summed E-state index contributed by atoms with van der Waals surface area (Å²) in [7, 11) is 0.